The molecule has 0 spiro atoms. The Labute approximate surface area is 114 Å². The number of nitrogens with one attached hydrogen (secondary N) is 1. The normalized spacial score (nSPS) is 10.2. The van der Waals surface area contributed by atoms with E-state index in [9.17, 15) is 9.18 Å². The second-order valence-corrected chi connectivity index (χ2v) is 4.17. The fourth-order valence-electron chi connectivity index (χ4n) is 1.72. The zero-order valence-corrected chi connectivity index (χ0v) is 10.5. The third kappa shape index (κ3) is 3.23. The lowest BCUT2D eigenvalue weighted by molar-refractivity contribution is 0.0692. The van der Waals surface area contributed by atoms with E-state index in [2.05, 4.69) is 10.3 Å². The van der Waals surface area contributed by atoms with Crippen LogP contribution in [0.2, 0.25) is 0 Å². The fraction of sp³-hybridized carbons (Fsp3) is 0.143. The first-order valence-electron chi connectivity index (χ1n) is 5.97. The van der Waals surface area contributed by atoms with Gasteiger partial charge in [-0.25, -0.2) is 14.2 Å². The molecule has 0 saturated carbocycles. The molecule has 104 valence electrons. The summed E-state index contributed by atoms with van der Waals surface area (Å²) in [4.78, 5) is 14.6. The number of aromatic hydroxyl groups is 1. The van der Waals surface area contributed by atoms with Crippen molar-refractivity contribution in [1.29, 1.82) is 0 Å². The first-order valence-corrected chi connectivity index (χ1v) is 5.97. The van der Waals surface area contributed by atoms with Crippen molar-refractivity contribution in [2.24, 2.45) is 0 Å². The van der Waals surface area contributed by atoms with E-state index in [1.165, 1.54) is 6.20 Å². The number of carbonyl (C=O) groups is 1. The number of halogens is 1. The highest BCUT2D eigenvalue weighted by molar-refractivity contribution is 5.88. The summed E-state index contributed by atoms with van der Waals surface area (Å²) < 4.78 is 13.8. The van der Waals surface area contributed by atoms with Crippen molar-refractivity contribution in [2.45, 2.75) is 6.42 Å². The standard InChI is InChI=1S/C14H13FN2O3/c15-12-11(14(19)20)6-8-17-13(12)16-7-5-9-1-3-10(18)4-2-9/h1-4,6,8,18H,5,7H2,(H,16,17)(H,19,20). The van der Waals surface area contributed by atoms with Crippen LogP contribution < -0.4 is 5.32 Å². The topological polar surface area (TPSA) is 82.5 Å². The molecule has 20 heavy (non-hydrogen) atoms. The van der Waals surface area contributed by atoms with Crippen LogP contribution in [0.5, 0.6) is 5.75 Å². The fourth-order valence-corrected chi connectivity index (χ4v) is 1.72. The second kappa shape index (κ2) is 6.01. The Balaban J connectivity index is 1.99. The Hall–Kier alpha value is -2.63. The van der Waals surface area contributed by atoms with Gasteiger partial charge in [0.05, 0.1) is 0 Å². The molecule has 0 aliphatic heterocycles. The van der Waals surface area contributed by atoms with E-state index < -0.39 is 17.3 Å². The molecule has 0 saturated heterocycles. The van der Waals surface area contributed by atoms with Crippen molar-refractivity contribution < 1.29 is 19.4 Å². The van der Waals surface area contributed by atoms with Gasteiger partial charge in [-0.15, -0.1) is 0 Å². The molecule has 1 aromatic heterocycles. The Morgan fingerprint density at radius 2 is 1.95 bits per heavy atom. The molecular weight excluding hydrogens is 263 g/mol. The van der Waals surface area contributed by atoms with Gasteiger partial charge in [-0.2, -0.15) is 0 Å². The van der Waals surface area contributed by atoms with E-state index in [-0.39, 0.29) is 11.6 Å². The number of phenolic OH excluding ortho intramolecular Hbond substituents is 1. The number of anilines is 1. The Morgan fingerprint density at radius 1 is 1.25 bits per heavy atom. The molecular formula is C14H13FN2O3. The minimum atomic E-state index is -1.33. The van der Waals surface area contributed by atoms with Crippen LogP contribution in [0.1, 0.15) is 15.9 Å². The van der Waals surface area contributed by atoms with E-state index in [1.807, 2.05) is 0 Å². The van der Waals surface area contributed by atoms with Gasteiger partial charge in [-0.3, -0.25) is 0 Å². The van der Waals surface area contributed by atoms with Crippen LogP contribution >= 0.6 is 0 Å². The summed E-state index contributed by atoms with van der Waals surface area (Å²) in [6.07, 6.45) is 1.84. The highest BCUT2D eigenvalue weighted by atomic mass is 19.1. The molecule has 0 atom stereocenters. The zero-order valence-electron chi connectivity index (χ0n) is 10.5. The quantitative estimate of drug-likeness (QED) is 0.780. The first-order chi connectivity index (χ1) is 9.58. The predicted molar refractivity (Wildman–Crippen MR) is 71.5 cm³/mol. The number of carboxylic acids is 1. The number of benzene rings is 1. The molecule has 0 amide bonds. The maximum absolute atomic E-state index is 13.8. The molecule has 0 aliphatic rings. The summed E-state index contributed by atoms with van der Waals surface area (Å²) in [5, 5.41) is 20.7. The van der Waals surface area contributed by atoms with Crippen molar-refractivity contribution in [3.8, 4) is 5.75 Å². The van der Waals surface area contributed by atoms with Gasteiger partial charge in [-0.05, 0) is 30.2 Å². The smallest absolute Gasteiger partial charge is 0.338 e. The van der Waals surface area contributed by atoms with E-state index in [4.69, 9.17) is 10.2 Å². The van der Waals surface area contributed by atoms with Crippen LogP contribution in [0.4, 0.5) is 10.2 Å². The van der Waals surface area contributed by atoms with Crippen molar-refractivity contribution in [3.63, 3.8) is 0 Å². The molecule has 1 heterocycles. The summed E-state index contributed by atoms with van der Waals surface area (Å²) in [7, 11) is 0. The van der Waals surface area contributed by atoms with Gasteiger partial charge in [0, 0.05) is 12.7 Å². The largest absolute Gasteiger partial charge is 0.508 e. The van der Waals surface area contributed by atoms with Gasteiger partial charge in [0.1, 0.15) is 11.3 Å². The third-order valence-corrected chi connectivity index (χ3v) is 2.76. The highest BCUT2D eigenvalue weighted by Crippen LogP contribution is 2.15. The van der Waals surface area contributed by atoms with Crippen molar-refractivity contribution >= 4 is 11.8 Å². The highest BCUT2D eigenvalue weighted by Gasteiger charge is 2.14. The summed E-state index contributed by atoms with van der Waals surface area (Å²) in [6.45, 7) is 0.401. The molecule has 0 aliphatic carbocycles. The summed E-state index contributed by atoms with van der Waals surface area (Å²) in [6, 6.07) is 7.77. The summed E-state index contributed by atoms with van der Waals surface area (Å²) >= 11 is 0. The van der Waals surface area contributed by atoms with Crippen LogP contribution in [0, 0.1) is 5.82 Å². The number of pyridine rings is 1. The average molecular weight is 276 g/mol. The minimum absolute atomic E-state index is 0.0799. The van der Waals surface area contributed by atoms with Crippen molar-refractivity contribution in [3.05, 3.63) is 53.5 Å². The number of aromatic carboxylic acids is 1. The molecule has 2 rings (SSSR count). The Kier molecular flexibility index (Phi) is 4.14. The van der Waals surface area contributed by atoms with Gasteiger partial charge in [-0.1, -0.05) is 12.1 Å². The van der Waals surface area contributed by atoms with Gasteiger partial charge < -0.3 is 15.5 Å². The molecule has 1 aromatic carbocycles. The van der Waals surface area contributed by atoms with Crippen LogP contribution in [-0.4, -0.2) is 27.7 Å². The Bertz CT molecular complexity index is 614. The molecule has 5 nitrogen and oxygen atoms in total. The number of rotatable bonds is 5. The monoisotopic (exact) mass is 276 g/mol. The van der Waals surface area contributed by atoms with E-state index >= 15 is 0 Å². The predicted octanol–water partition coefficient (Wildman–Crippen LogP) is 2.28. The SMILES string of the molecule is O=C(O)c1ccnc(NCCc2ccc(O)cc2)c1F. The van der Waals surface area contributed by atoms with Crippen LogP contribution in [0.25, 0.3) is 0 Å². The maximum Gasteiger partial charge on any atom is 0.338 e. The molecule has 0 unspecified atom stereocenters. The number of aromatic nitrogens is 1. The molecule has 0 fully saturated rings. The van der Waals surface area contributed by atoms with Gasteiger partial charge >= 0.3 is 5.97 Å². The average Bonchev–Trinajstić information content (AvgIpc) is 2.42. The van der Waals surface area contributed by atoms with E-state index in [0.29, 0.717) is 13.0 Å². The van der Waals surface area contributed by atoms with Gasteiger partial charge in [0.25, 0.3) is 0 Å². The number of hydrogen-bond donors (Lipinski definition) is 3. The third-order valence-electron chi connectivity index (χ3n) is 2.76. The van der Waals surface area contributed by atoms with Gasteiger partial charge in [0.2, 0.25) is 0 Å². The van der Waals surface area contributed by atoms with E-state index in [0.717, 1.165) is 11.6 Å². The number of hydrogen-bond acceptors (Lipinski definition) is 4. The molecule has 3 N–H and O–H groups in total. The molecule has 2 aromatic rings. The first kappa shape index (κ1) is 13.8. The van der Waals surface area contributed by atoms with E-state index in [1.54, 1.807) is 24.3 Å². The maximum atomic E-state index is 13.8. The molecule has 6 heteroatoms. The number of carboxylic acid groups (broad SMARTS) is 1. The Morgan fingerprint density at radius 3 is 2.60 bits per heavy atom. The van der Waals surface area contributed by atoms with Crippen LogP contribution in [0.3, 0.4) is 0 Å². The second-order valence-electron chi connectivity index (χ2n) is 4.17. The van der Waals surface area contributed by atoms with Crippen LogP contribution in [0.15, 0.2) is 36.5 Å². The summed E-state index contributed by atoms with van der Waals surface area (Å²) in [5.41, 5.74) is 0.553. The lowest BCUT2D eigenvalue weighted by atomic mass is 10.1. The molecule has 0 radical (unpaired) electrons. The number of phenols is 1. The lowest BCUT2D eigenvalue weighted by Crippen LogP contribution is -2.11. The minimum Gasteiger partial charge on any atom is -0.508 e. The van der Waals surface area contributed by atoms with Crippen molar-refractivity contribution in [1.82, 2.24) is 4.98 Å². The molecule has 0 bridgehead atoms. The zero-order chi connectivity index (χ0) is 14.5. The van der Waals surface area contributed by atoms with Gasteiger partial charge in [0.15, 0.2) is 11.6 Å². The lowest BCUT2D eigenvalue weighted by Gasteiger charge is -2.08. The number of nitrogens with zero attached hydrogens (tertiary/aromatic N) is 1. The summed E-state index contributed by atoms with van der Waals surface area (Å²) in [5.74, 6) is -2.09. The van der Waals surface area contributed by atoms with Crippen LogP contribution in [-0.2, 0) is 6.42 Å². The van der Waals surface area contributed by atoms with Crippen molar-refractivity contribution in [2.75, 3.05) is 11.9 Å².